The highest BCUT2D eigenvalue weighted by Crippen LogP contribution is 2.30. The van der Waals surface area contributed by atoms with Crippen LogP contribution in [0.3, 0.4) is 0 Å². The van der Waals surface area contributed by atoms with Crippen LogP contribution in [-0.4, -0.2) is 34.6 Å². The topological polar surface area (TPSA) is 40.5 Å². The molecule has 0 radical (unpaired) electrons. The van der Waals surface area contributed by atoms with Gasteiger partial charge in [0.1, 0.15) is 0 Å². The molecule has 2 rings (SSSR count). The number of aliphatic hydroxyl groups is 1. The van der Waals surface area contributed by atoms with E-state index in [4.69, 9.17) is 0 Å². The van der Waals surface area contributed by atoms with Crippen molar-refractivity contribution in [1.29, 1.82) is 0 Å². The molecule has 1 amide bonds. The molecule has 3 nitrogen and oxygen atoms in total. The van der Waals surface area contributed by atoms with Gasteiger partial charge in [0.15, 0.2) is 0 Å². The Morgan fingerprint density at radius 2 is 2.20 bits per heavy atom. The lowest BCUT2D eigenvalue weighted by Crippen LogP contribution is -2.49. The van der Waals surface area contributed by atoms with Gasteiger partial charge in [-0.2, -0.15) is 0 Å². The van der Waals surface area contributed by atoms with Crippen LogP contribution >= 0.6 is 0 Å². The van der Waals surface area contributed by atoms with Crippen molar-refractivity contribution in [2.24, 2.45) is 5.92 Å². The van der Waals surface area contributed by atoms with E-state index in [1.54, 1.807) is 0 Å². The normalized spacial score (nSPS) is 32.5. The Labute approximate surface area is 91.5 Å². The van der Waals surface area contributed by atoms with E-state index in [-0.39, 0.29) is 5.91 Å². The largest absolute Gasteiger partial charge is 0.388 e. The van der Waals surface area contributed by atoms with E-state index in [9.17, 15) is 9.90 Å². The monoisotopic (exact) mass is 211 g/mol. The molecule has 1 aliphatic carbocycles. The number of hydrogen-bond donors (Lipinski definition) is 1. The average Bonchev–Trinajstić information content (AvgIpc) is 2.09. The van der Waals surface area contributed by atoms with Crippen molar-refractivity contribution in [3.63, 3.8) is 0 Å². The van der Waals surface area contributed by atoms with Crippen LogP contribution in [0.1, 0.15) is 45.4 Å². The molecule has 2 fully saturated rings. The van der Waals surface area contributed by atoms with Gasteiger partial charge in [-0.3, -0.25) is 4.79 Å². The van der Waals surface area contributed by atoms with Crippen LogP contribution < -0.4 is 0 Å². The van der Waals surface area contributed by atoms with Gasteiger partial charge < -0.3 is 10.0 Å². The Bertz CT molecular complexity index is 246. The molecular formula is C12H21NO2. The molecule has 0 aromatic heterocycles. The summed E-state index contributed by atoms with van der Waals surface area (Å²) in [5.74, 6) is 0.879. The Morgan fingerprint density at radius 1 is 1.47 bits per heavy atom. The van der Waals surface area contributed by atoms with E-state index in [1.807, 2.05) is 11.8 Å². The molecule has 3 heteroatoms. The Morgan fingerprint density at radius 3 is 2.73 bits per heavy atom. The molecule has 2 aliphatic rings. The highest BCUT2D eigenvalue weighted by atomic mass is 16.3. The van der Waals surface area contributed by atoms with Gasteiger partial charge >= 0.3 is 0 Å². The predicted octanol–water partition coefficient (Wildman–Crippen LogP) is 1.55. The lowest BCUT2D eigenvalue weighted by Gasteiger charge is -2.38. The van der Waals surface area contributed by atoms with Crippen LogP contribution in [0.5, 0.6) is 0 Å². The number of nitrogens with zero attached hydrogens (tertiary/aromatic N) is 1. The van der Waals surface area contributed by atoms with Crippen molar-refractivity contribution in [1.82, 2.24) is 4.90 Å². The standard InChI is InChI=1S/C12H21NO2/c1-12(15)6-3-7-13(9-12)11(14)8-10-4-2-5-10/h10,15H,2-9H2,1H3. The summed E-state index contributed by atoms with van der Waals surface area (Å²) in [7, 11) is 0. The number of amides is 1. The SMILES string of the molecule is CC1(O)CCCN(C(=O)CC2CCC2)C1. The second-order valence-corrected chi connectivity index (χ2v) is 5.42. The number of rotatable bonds is 2. The number of carbonyl (C=O) groups is 1. The van der Waals surface area contributed by atoms with Crippen molar-refractivity contribution >= 4 is 5.91 Å². The summed E-state index contributed by atoms with van der Waals surface area (Å²) in [6.07, 6.45) is 6.18. The number of piperidine rings is 1. The zero-order chi connectivity index (χ0) is 10.9. The molecule has 0 aromatic carbocycles. The van der Waals surface area contributed by atoms with E-state index in [2.05, 4.69) is 0 Å². The zero-order valence-electron chi connectivity index (χ0n) is 9.54. The first kappa shape index (κ1) is 10.9. The van der Waals surface area contributed by atoms with Gasteiger partial charge in [-0.1, -0.05) is 6.42 Å². The van der Waals surface area contributed by atoms with Gasteiger partial charge in [0.25, 0.3) is 0 Å². The fourth-order valence-corrected chi connectivity index (χ4v) is 2.51. The first-order valence-corrected chi connectivity index (χ1v) is 6.07. The van der Waals surface area contributed by atoms with Crippen LogP contribution in [-0.2, 0) is 4.79 Å². The summed E-state index contributed by atoms with van der Waals surface area (Å²) in [6, 6.07) is 0. The molecule has 0 spiro atoms. The maximum Gasteiger partial charge on any atom is 0.222 e. The minimum Gasteiger partial charge on any atom is -0.388 e. The van der Waals surface area contributed by atoms with Crippen LogP contribution in [0.15, 0.2) is 0 Å². The van der Waals surface area contributed by atoms with Crippen LogP contribution in [0, 0.1) is 5.92 Å². The molecule has 15 heavy (non-hydrogen) atoms. The summed E-state index contributed by atoms with van der Waals surface area (Å²) in [5.41, 5.74) is -0.659. The molecule has 1 heterocycles. The molecule has 1 aliphatic heterocycles. The number of likely N-dealkylation sites (tertiary alicyclic amines) is 1. The second kappa shape index (κ2) is 4.12. The maximum absolute atomic E-state index is 11.9. The minimum atomic E-state index is -0.659. The molecule has 1 saturated carbocycles. The van der Waals surface area contributed by atoms with Crippen molar-refractivity contribution in [2.45, 2.75) is 51.0 Å². The summed E-state index contributed by atoms with van der Waals surface area (Å²) in [4.78, 5) is 13.8. The molecular weight excluding hydrogens is 190 g/mol. The molecule has 1 N–H and O–H groups in total. The summed E-state index contributed by atoms with van der Waals surface area (Å²) < 4.78 is 0. The van der Waals surface area contributed by atoms with Crippen molar-refractivity contribution in [2.75, 3.05) is 13.1 Å². The third kappa shape index (κ3) is 2.71. The number of carbonyl (C=O) groups excluding carboxylic acids is 1. The molecule has 0 aromatic rings. The summed E-state index contributed by atoms with van der Waals surface area (Å²) in [5, 5.41) is 9.91. The van der Waals surface area contributed by atoms with E-state index in [0.717, 1.165) is 19.4 Å². The van der Waals surface area contributed by atoms with E-state index in [0.29, 0.717) is 18.9 Å². The van der Waals surface area contributed by atoms with Gasteiger partial charge in [-0.15, -0.1) is 0 Å². The van der Waals surface area contributed by atoms with Gasteiger partial charge in [0, 0.05) is 19.5 Å². The van der Waals surface area contributed by atoms with E-state index in [1.165, 1.54) is 19.3 Å². The van der Waals surface area contributed by atoms with Crippen molar-refractivity contribution in [3.05, 3.63) is 0 Å². The second-order valence-electron chi connectivity index (χ2n) is 5.42. The smallest absolute Gasteiger partial charge is 0.222 e. The lowest BCUT2D eigenvalue weighted by molar-refractivity contribution is -0.139. The number of β-amino-alcohol motifs (C(OH)–C–C–N with tert-alkyl or cyclic N) is 1. The average molecular weight is 211 g/mol. The quantitative estimate of drug-likeness (QED) is 0.753. The van der Waals surface area contributed by atoms with Gasteiger partial charge in [-0.05, 0) is 38.5 Å². The van der Waals surface area contributed by atoms with Gasteiger partial charge in [0.05, 0.1) is 5.60 Å². The molecule has 0 bridgehead atoms. The first-order valence-electron chi connectivity index (χ1n) is 6.07. The Hall–Kier alpha value is -0.570. The fourth-order valence-electron chi connectivity index (χ4n) is 2.51. The third-order valence-electron chi connectivity index (χ3n) is 3.72. The Balaban J connectivity index is 1.83. The molecule has 86 valence electrons. The van der Waals surface area contributed by atoms with Crippen LogP contribution in [0.25, 0.3) is 0 Å². The Kier molecular flexibility index (Phi) is 3.01. The van der Waals surface area contributed by atoms with Gasteiger partial charge in [0.2, 0.25) is 5.91 Å². The van der Waals surface area contributed by atoms with Gasteiger partial charge in [-0.25, -0.2) is 0 Å². The van der Waals surface area contributed by atoms with Crippen molar-refractivity contribution < 1.29 is 9.90 Å². The lowest BCUT2D eigenvalue weighted by atomic mass is 9.82. The molecule has 1 unspecified atom stereocenters. The van der Waals surface area contributed by atoms with Crippen LogP contribution in [0.2, 0.25) is 0 Å². The zero-order valence-corrected chi connectivity index (χ0v) is 9.54. The third-order valence-corrected chi connectivity index (χ3v) is 3.72. The summed E-state index contributed by atoms with van der Waals surface area (Å²) >= 11 is 0. The van der Waals surface area contributed by atoms with E-state index < -0.39 is 5.60 Å². The minimum absolute atomic E-state index is 0.250. The first-order chi connectivity index (χ1) is 7.07. The maximum atomic E-state index is 11.9. The number of hydrogen-bond acceptors (Lipinski definition) is 2. The molecule has 1 atom stereocenters. The predicted molar refractivity (Wildman–Crippen MR) is 58.4 cm³/mol. The van der Waals surface area contributed by atoms with Crippen LogP contribution in [0.4, 0.5) is 0 Å². The summed E-state index contributed by atoms with van der Waals surface area (Å²) in [6.45, 7) is 3.19. The molecule has 1 saturated heterocycles. The highest BCUT2D eigenvalue weighted by Gasteiger charge is 2.32. The van der Waals surface area contributed by atoms with E-state index >= 15 is 0 Å². The fraction of sp³-hybridized carbons (Fsp3) is 0.917. The van der Waals surface area contributed by atoms with Crippen molar-refractivity contribution in [3.8, 4) is 0 Å². The highest BCUT2D eigenvalue weighted by molar-refractivity contribution is 5.76.